The fourth-order valence-electron chi connectivity index (χ4n) is 3.67. The van der Waals surface area contributed by atoms with Crippen LogP contribution in [0.15, 0.2) is 77.3 Å². The summed E-state index contributed by atoms with van der Waals surface area (Å²) in [6, 6.07) is 23.9. The van der Waals surface area contributed by atoms with Gasteiger partial charge in [0.15, 0.2) is 5.82 Å². The molecule has 0 radical (unpaired) electrons. The molecule has 0 atom stereocenters. The van der Waals surface area contributed by atoms with Crippen molar-refractivity contribution in [3.05, 3.63) is 95.6 Å². The molecule has 0 spiro atoms. The summed E-state index contributed by atoms with van der Waals surface area (Å²) in [7, 11) is 0. The zero-order chi connectivity index (χ0) is 18.9. The molecule has 1 saturated heterocycles. The van der Waals surface area contributed by atoms with Gasteiger partial charge in [0.25, 0.3) is 5.91 Å². The lowest BCUT2D eigenvalue weighted by Crippen LogP contribution is -2.48. The van der Waals surface area contributed by atoms with Gasteiger partial charge >= 0.3 is 0 Å². The smallest absolute Gasteiger partial charge is 0.254 e. The first-order valence-electron chi connectivity index (χ1n) is 9.41. The number of fused-ring (bicyclic) bond motifs is 1. The summed E-state index contributed by atoms with van der Waals surface area (Å²) in [6.07, 6.45) is 0.649. The Bertz CT molecular complexity index is 1130. The van der Waals surface area contributed by atoms with Crippen molar-refractivity contribution in [2.75, 3.05) is 13.1 Å². The standard InChI is InChI=1S/C23H19N3O2/c27-23(20-12-6-10-17-9-4-5-11-19(17)20)26-14-18(15-26)22-24-21(25-28-22)13-16-7-2-1-3-8-16/h1-12,18H,13-15H2. The molecule has 2 heterocycles. The monoisotopic (exact) mass is 369 g/mol. The molecular weight excluding hydrogens is 350 g/mol. The average Bonchev–Trinajstić information content (AvgIpc) is 3.15. The molecular formula is C23H19N3O2. The Morgan fingerprint density at radius 3 is 2.57 bits per heavy atom. The molecule has 28 heavy (non-hydrogen) atoms. The average molecular weight is 369 g/mol. The molecule has 0 aliphatic carbocycles. The first-order chi connectivity index (χ1) is 13.8. The maximum atomic E-state index is 12.9. The highest BCUT2D eigenvalue weighted by Gasteiger charge is 2.36. The highest BCUT2D eigenvalue weighted by molar-refractivity contribution is 6.07. The van der Waals surface area contributed by atoms with E-state index in [1.807, 2.05) is 77.7 Å². The fraction of sp³-hybridized carbons (Fsp3) is 0.174. The number of aromatic nitrogens is 2. The van der Waals surface area contributed by atoms with E-state index >= 15 is 0 Å². The molecule has 0 saturated carbocycles. The second kappa shape index (κ2) is 6.93. The Morgan fingerprint density at radius 2 is 1.71 bits per heavy atom. The van der Waals surface area contributed by atoms with Gasteiger partial charge in [-0.2, -0.15) is 4.98 Å². The van der Waals surface area contributed by atoms with Crippen LogP contribution >= 0.6 is 0 Å². The summed E-state index contributed by atoms with van der Waals surface area (Å²) < 4.78 is 5.45. The van der Waals surface area contributed by atoms with Crippen LogP contribution in [0.25, 0.3) is 10.8 Å². The SMILES string of the molecule is O=C(c1cccc2ccccc12)N1CC(c2nc(Cc3ccccc3)no2)C1. The Kier molecular flexibility index (Phi) is 4.13. The van der Waals surface area contributed by atoms with Gasteiger partial charge in [-0.1, -0.05) is 71.9 Å². The molecule has 1 amide bonds. The first kappa shape index (κ1) is 16.7. The molecule has 0 N–H and O–H groups in total. The van der Waals surface area contributed by atoms with E-state index in [4.69, 9.17) is 4.52 Å². The molecule has 3 aromatic carbocycles. The normalized spacial score (nSPS) is 14.2. The second-order valence-electron chi connectivity index (χ2n) is 7.14. The van der Waals surface area contributed by atoms with Gasteiger partial charge in [0.05, 0.1) is 5.92 Å². The third kappa shape index (κ3) is 3.05. The number of carbonyl (C=O) groups excluding carboxylic acids is 1. The third-order valence-corrected chi connectivity index (χ3v) is 5.23. The van der Waals surface area contributed by atoms with Crippen LogP contribution in [-0.2, 0) is 6.42 Å². The Labute approximate surface area is 162 Å². The summed E-state index contributed by atoms with van der Waals surface area (Å²) in [5.74, 6) is 1.46. The van der Waals surface area contributed by atoms with E-state index in [0.717, 1.165) is 21.9 Å². The third-order valence-electron chi connectivity index (χ3n) is 5.23. The minimum absolute atomic E-state index is 0.0528. The van der Waals surface area contributed by atoms with Gasteiger partial charge in [0.1, 0.15) is 0 Å². The van der Waals surface area contributed by atoms with Crippen molar-refractivity contribution in [2.24, 2.45) is 0 Å². The minimum Gasteiger partial charge on any atom is -0.339 e. The number of rotatable bonds is 4. The molecule has 1 fully saturated rings. The van der Waals surface area contributed by atoms with Crippen molar-refractivity contribution in [1.29, 1.82) is 0 Å². The highest BCUT2D eigenvalue weighted by atomic mass is 16.5. The van der Waals surface area contributed by atoms with Crippen LogP contribution in [0.5, 0.6) is 0 Å². The van der Waals surface area contributed by atoms with Crippen molar-refractivity contribution in [3.63, 3.8) is 0 Å². The number of amides is 1. The summed E-state index contributed by atoms with van der Waals surface area (Å²) in [4.78, 5) is 19.3. The van der Waals surface area contributed by atoms with E-state index in [-0.39, 0.29) is 11.8 Å². The number of nitrogens with zero attached hydrogens (tertiary/aromatic N) is 3. The maximum absolute atomic E-state index is 12.9. The molecule has 1 aliphatic heterocycles. The van der Waals surface area contributed by atoms with Crippen molar-refractivity contribution < 1.29 is 9.32 Å². The van der Waals surface area contributed by atoms with Crippen molar-refractivity contribution in [1.82, 2.24) is 15.0 Å². The number of hydrogen-bond donors (Lipinski definition) is 0. The van der Waals surface area contributed by atoms with E-state index in [1.54, 1.807) is 0 Å². The van der Waals surface area contributed by atoms with Gasteiger partial charge in [-0.05, 0) is 22.4 Å². The van der Waals surface area contributed by atoms with Crippen LogP contribution in [0, 0.1) is 0 Å². The van der Waals surface area contributed by atoms with Gasteiger partial charge in [-0.25, -0.2) is 0 Å². The van der Waals surface area contributed by atoms with E-state index in [0.29, 0.717) is 31.2 Å². The lowest BCUT2D eigenvalue weighted by Gasteiger charge is -2.37. The molecule has 138 valence electrons. The Hall–Kier alpha value is -3.47. The maximum Gasteiger partial charge on any atom is 0.254 e. The quantitative estimate of drug-likeness (QED) is 0.544. The summed E-state index contributed by atoms with van der Waals surface area (Å²) in [5, 5.41) is 6.16. The molecule has 1 aliphatic rings. The van der Waals surface area contributed by atoms with Gasteiger partial charge in [-0.3, -0.25) is 4.79 Å². The lowest BCUT2D eigenvalue weighted by atomic mass is 9.97. The molecule has 5 heteroatoms. The highest BCUT2D eigenvalue weighted by Crippen LogP contribution is 2.29. The number of hydrogen-bond acceptors (Lipinski definition) is 4. The van der Waals surface area contributed by atoms with E-state index < -0.39 is 0 Å². The molecule has 4 aromatic rings. The molecule has 5 rings (SSSR count). The van der Waals surface area contributed by atoms with Crippen LogP contribution in [0.3, 0.4) is 0 Å². The number of benzene rings is 3. The summed E-state index contributed by atoms with van der Waals surface area (Å²) in [6.45, 7) is 1.21. The second-order valence-corrected chi connectivity index (χ2v) is 7.14. The van der Waals surface area contributed by atoms with E-state index in [2.05, 4.69) is 10.1 Å². The molecule has 0 unspecified atom stereocenters. The van der Waals surface area contributed by atoms with E-state index in [1.165, 1.54) is 0 Å². The van der Waals surface area contributed by atoms with Gasteiger partial charge < -0.3 is 9.42 Å². The van der Waals surface area contributed by atoms with Crippen molar-refractivity contribution in [2.45, 2.75) is 12.3 Å². The first-order valence-corrected chi connectivity index (χ1v) is 9.41. The molecule has 1 aromatic heterocycles. The van der Waals surface area contributed by atoms with Crippen molar-refractivity contribution >= 4 is 16.7 Å². The summed E-state index contributed by atoms with van der Waals surface area (Å²) >= 11 is 0. The van der Waals surface area contributed by atoms with Crippen molar-refractivity contribution in [3.8, 4) is 0 Å². The molecule has 5 nitrogen and oxygen atoms in total. The zero-order valence-electron chi connectivity index (χ0n) is 15.3. The van der Waals surface area contributed by atoms with Gasteiger partial charge in [0.2, 0.25) is 5.89 Å². The van der Waals surface area contributed by atoms with E-state index in [9.17, 15) is 4.79 Å². The number of carbonyl (C=O) groups is 1. The topological polar surface area (TPSA) is 59.2 Å². The number of likely N-dealkylation sites (tertiary alicyclic amines) is 1. The van der Waals surface area contributed by atoms with Gasteiger partial charge in [-0.15, -0.1) is 0 Å². The molecule has 0 bridgehead atoms. The Balaban J connectivity index is 1.27. The predicted octanol–water partition coefficient (Wildman–Crippen LogP) is 4.05. The largest absolute Gasteiger partial charge is 0.339 e. The van der Waals surface area contributed by atoms with Crippen LogP contribution in [0.4, 0.5) is 0 Å². The summed E-state index contributed by atoms with van der Waals surface area (Å²) in [5.41, 5.74) is 1.89. The fourth-order valence-corrected chi connectivity index (χ4v) is 3.67. The zero-order valence-corrected chi connectivity index (χ0v) is 15.3. The van der Waals surface area contributed by atoms with Gasteiger partial charge in [0, 0.05) is 25.1 Å². The van der Waals surface area contributed by atoms with Crippen LogP contribution < -0.4 is 0 Å². The Morgan fingerprint density at radius 1 is 0.964 bits per heavy atom. The lowest BCUT2D eigenvalue weighted by molar-refractivity contribution is 0.0571. The van der Waals surface area contributed by atoms with Crippen LogP contribution in [0.2, 0.25) is 0 Å². The van der Waals surface area contributed by atoms with Crippen LogP contribution in [-0.4, -0.2) is 34.0 Å². The minimum atomic E-state index is 0.0528. The predicted molar refractivity (Wildman–Crippen MR) is 106 cm³/mol. The van der Waals surface area contributed by atoms with Crippen LogP contribution in [0.1, 0.15) is 33.6 Å².